The molecule has 0 aromatic carbocycles. The SMILES string of the molecule is CC/C(=C\c1cccc2nc(C)nn12)C(=O)O. The first kappa shape index (κ1) is 11.3. The largest absolute Gasteiger partial charge is 0.478 e. The number of aliphatic carboxylic acids is 1. The van der Waals surface area contributed by atoms with Crippen molar-refractivity contribution in [2.24, 2.45) is 0 Å². The van der Waals surface area contributed by atoms with Gasteiger partial charge in [-0.3, -0.25) is 0 Å². The van der Waals surface area contributed by atoms with Gasteiger partial charge in [-0.15, -0.1) is 0 Å². The third-order valence-electron chi connectivity index (χ3n) is 2.47. The van der Waals surface area contributed by atoms with Gasteiger partial charge in [0, 0.05) is 5.57 Å². The van der Waals surface area contributed by atoms with Crippen molar-refractivity contribution in [3.8, 4) is 0 Å². The van der Waals surface area contributed by atoms with E-state index in [0.717, 1.165) is 11.3 Å². The number of hydrogen-bond acceptors (Lipinski definition) is 3. The van der Waals surface area contributed by atoms with Crippen LogP contribution in [0, 0.1) is 6.92 Å². The molecule has 0 unspecified atom stereocenters. The van der Waals surface area contributed by atoms with Crippen molar-refractivity contribution in [3.05, 3.63) is 35.3 Å². The summed E-state index contributed by atoms with van der Waals surface area (Å²) >= 11 is 0. The van der Waals surface area contributed by atoms with Gasteiger partial charge in [-0.05, 0) is 31.6 Å². The number of hydrogen-bond donors (Lipinski definition) is 1. The van der Waals surface area contributed by atoms with E-state index < -0.39 is 5.97 Å². The average molecular weight is 231 g/mol. The molecule has 0 aliphatic rings. The maximum Gasteiger partial charge on any atom is 0.331 e. The summed E-state index contributed by atoms with van der Waals surface area (Å²) in [5, 5.41) is 13.2. The number of carboxylic acids is 1. The van der Waals surface area contributed by atoms with Crippen LogP contribution in [0.5, 0.6) is 0 Å². The lowest BCUT2D eigenvalue weighted by Gasteiger charge is -2.00. The van der Waals surface area contributed by atoms with E-state index in [4.69, 9.17) is 5.11 Å². The lowest BCUT2D eigenvalue weighted by atomic mass is 10.1. The summed E-state index contributed by atoms with van der Waals surface area (Å²) in [4.78, 5) is 15.2. The Bertz CT molecular complexity index is 599. The van der Waals surface area contributed by atoms with E-state index in [2.05, 4.69) is 10.1 Å². The second-order valence-corrected chi connectivity index (χ2v) is 3.71. The zero-order valence-corrected chi connectivity index (χ0v) is 9.71. The highest BCUT2D eigenvalue weighted by Gasteiger charge is 2.07. The molecule has 0 aliphatic carbocycles. The number of nitrogens with zero attached hydrogens (tertiary/aromatic N) is 3. The van der Waals surface area contributed by atoms with E-state index in [1.165, 1.54) is 0 Å². The van der Waals surface area contributed by atoms with Crippen LogP contribution in [0.25, 0.3) is 11.7 Å². The molecule has 5 heteroatoms. The van der Waals surface area contributed by atoms with Crippen molar-refractivity contribution in [2.45, 2.75) is 20.3 Å². The number of carbonyl (C=O) groups is 1. The first-order valence-electron chi connectivity index (χ1n) is 5.38. The van der Waals surface area contributed by atoms with Gasteiger partial charge in [-0.2, -0.15) is 5.10 Å². The van der Waals surface area contributed by atoms with Gasteiger partial charge in [0.1, 0.15) is 5.82 Å². The van der Waals surface area contributed by atoms with Crippen LogP contribution < -0.4 is 0 Å². The van der Waals surface area contributed by atoms with E-state index in [9.17, 15) is 4.79 Å². The lowest BCUT2D eigenvalue weighted by Crippen LogP contribution is -2.01. The molecular weight excluding hydrogens is 218 g/mol. The van der Waals surface area contributed by atoms with E-state index >= 15 is 0 Å². The molecule has 0 fully saturated rings. The van der Waals surface area contributed by atoms with E-state index in [-0.39, 0.29) is 0 Å². The standard InChI is InChI=1S/C12H13N3O2/c1-3-9(12(16)17)7-10-5-4-6-11-13-8(2)14-15(10)11/h4-7H,3H2,1-2H3,(H,16,17)/b9-7+. The Hall–Kier alpha value is -2.17. The van der Waals surface area contributed by atoms with E-state index in [1.807, 2.05) is 25.1 Å². The number of rotatable bonds is 3. The third kappa shape index (κ3) is 2.18. The number of fused-ring (bicyclic) bond motifs is 1. The Morgan fingerprint density at radius 2 is 2.29 bits per heavy atom. The van der Waals surface area contributed by atoms with Crippen LogP contribution in [0.4, 0.5) is 0 Å². The molecule has 2 aromatic rings. The Balaban J connectivity index is 2.59. The van der Waals surface area contributed by atoms with Gasteiger partial charge in [0.05, 0.1) is 5.69 Å². The molecule has 88 valence electrons. The minimum Gasteiger partial charge on any atom is -0.478 e. The fraction of sp³-hybridized carbons (Fsp3) is 0.250. The smallest absolute Gasteiger partial charge is 0.331 e. The molecule has 17 heavy (non-hydrogen) atoms. The molecule has 2 aromatic heterocycles. The fourth-order valence-electron chi connectivity index (χ4n) is 1.64. The molecular formula is C12H13N3O2. The van der Waals surface area contributed by atoms with Gasteiger partial charge < -0.3 is 5.11 Å². The minimum atomic E-state index is -0.902. The highest BCUT2D eigenvalue weighted by molar-refractivity contribution is 5.91. The van der Waals surface area contributed by atoms with Crippen molar-refractivity contribution in [1.29, 1.82) is 0 Å². The summed E-state index contributed by atoms with van der Waals surface area (Å²) < 4.78 is 1.65. The molecule has 5 nitrogen and oxygen atoms in total. The fourth-order valence-corrected chi connectivity index (χ4v) is 1.64. The highest BCUT2D eigenvalue weighted by atomic mass is 16.4. The predicted octanol–water partition coefficient (Wildman–Crippen LogP) is 1.92. The molecule has 2 rings (SSSR count). The van der Waals surface area contributed by atoms with Gasteiger partial charge in [0.25, 0.3) is 0 Å². The Morgan fingerprint density at radius 3 is 2.94 bits per heavy atom. The summed E-state index contributed by atoms with van der Waals surface area (Å²) in [5.41, 5.74) is 1.80. The first-order valence-corrected chi connectivity index (χ1v) is 5.38. The van der Waals surface area contributed by atoms with E-state index in [0.29, 0.717) is 17.8 Å². The number of carboxylic acid groups (broad SMARTS) is 1. The maximum atomic E-state index is 11.0. The highest BCUT2D eigenvalue weighted by Crippen LogP contribution is 2.12. The Kier molecular flexibility index (Phi) is 2.91. The molecule has 0 spiro atoms. The topological polar surface area (TPSA) is 67.5 Å². The van der Waals surface area contributed by atoms with Gasteiger partial charge >= 0.3 is 5.97 Å². The third-order valence-corrected chi connectivity index (χ3v) is 2.47. The van der Waals surface area contributed by atoms with Gasteiger partial charge in [0.15, 0.2) is 5.65 Å². The number of pyridine rings is 1. The molecule has 0 saturated carbocycles. The van der Waals surface area contributed by atoms with Crippen LogP contribution >= 0.6 is 0 Å². The number of aromatic nitrogens is 3. The molecule has 1 N–H and O–H groups in total. The van der Waals surface area contributed by atoms with Gasteiger partial charge in [0.2, 0.25) is 0 Å². The van der Waals surface area contributed by atoms with Crippen LogP contribution in [-0.4, -0.2) is 25.7 Å². The summed E-state index contributed by atoms with van der Waals surface area (Å²) in [6.45, 7) is 3.62. The summed E-state index contributed by atoms with van der Waals surface area (Å²) in [7, 11) is 0. The molecule has 0 aliphatic heterocycles. The van der Waals surface area contributed by atoms with Crippen LogP contribution in [0.15, 0.2) is 23.8 Å². The van der Waals surface area contributed by atoms with Crippen molar-refractivity contribution in [2.75, 3.05) is 0 Å². The Labute approximate surface area is 98.4 Å². The average Bonchev–Trinajstić information content (AvgIpc) is 2.66. The molecule has 0 atom stereocenters. The second kappa shape index (κ2) is 4.37. The van der Waals surface area contributed by atoms with Crippen molar-refractivity contribution in [1.82, 2.24) is 14.6 Å². The van der Waals surface area contributed by atoms with Crippen LogP contribution in [-0.2, 0) is 4.79 Å². The molecule has 0 bridgehead atoms. The van der Waals surface area contributed by atoms with Crippen molar-refractivity contribution in [3.63, 3.8) is 0 Å². The molecule has 0 amide bonds. The normalized spacial score (nSPS) is 12.0. The second-order valence-electron chi connectivity index (χ2n) is 3.71. The Morgan fingerprint density at radius 1 is 1.53 bits per heavy atom. The van der Waals surface area contributed by atoms with Crippen LogP contribution in [0.1, 0.15) is 24.9 Å². The number of aryl methyl sites for hydroxylation is 1. The van der Waals surface area contributed by atoms with Gasteiger partial charge in [-0.25, -0.2) is 14.3 Å². The zero-order chi connectivity index (χ0) is 12.4. The van der Waals surface area contributed by atoms with E-state index in [1.54, 1.807) is 17.5 Å². The summed E-state index contributed by atoms with van der Waals surface area (Å²) in [5.74, 6) is -0.236. The van der Waals surface area contributed by atoms with Crippen LogP contribution in [0.2, 0.25) is 0 Å². The van der Waals surface area contributed by atoms with Crippen LogP contribution in [0.3, 0.4) is 0 Å². The molecule has 0 radical (unpaired) electrons. The van der Waals surface area contributed by atoms with Crippen molar-refractivity contribution >= 4 is 17.7 Å². The maximum absolute atomic E-state index is 11.0. The monoisotopic (exact) mass is 231 g/mol. The summed E-state index contributed by atoms with van der Waals surface area (Å²) in [6, 6.07) is 5.49. The zero-order valence-electron chi connectivity index (χ0n) is 9.71. The van der Waals surface area contributed by atoms with Gasteiger partial charge in [-0.1, -0.05) is 13.0 Å². The molecule has 2 heterocycles. The minimum absolute atomic E-state index is 0.352. The first-order chi connectivity index (χ1) is 8.11. The summed E-state index contributed by atoms with van der Waals surface area (Å²) in [6.07, 6.45) is 2.10. The predicted molar refractivity (Wildman–Crippen MR) is 63.6 cm³/mol. The van der Waals surface area contributed by atoms with Crippen molar-refractivity contribution < 1.29 is 9.90 Å². The quantitative estimate of drug-likeness (QED) is 0.819. The lowest BCUT2D eigenvalue weighted by molar-refractivity contribution is -0.132. The molecule has 0 saturated heterocycles.